The molecule has 0 radical (unpaired) electrons. The molecule has 0 fully saturated rings. The quantitative estimate of drug-likeness (QED) is 0.849. The summed E-state index contributed by atoms with van der Waals surface area (Å²) in [4.78, 5) is 2.27. The molecule has 1 aromatic rings. The number of halogens is 2. The Labute approximate surface area is 108 Å². The van der Waals surface area contributed by atoms with Crippen LogP contribution in [0.15, 0.2) is 18.2 Å². The predicted molar refractivity (Wildman–Crippen MR) is 70.7 cm³/mol. The number of rotatable bonds is 6. The molecule has 2 nitrogen and oxygen atoms in total. The van der Waals surface area contributed by atoms with E-state index in [0.29, 0.717) is 10.6 Å². The van der Waals surface area contributed by atoms with Crippen molar-refractivity contribution in [3.8, 4) is 0 Å². The van der Waals surface area contributed by atoms with Gasteiger partial charge in [0, 0.05) is 16.6 Å². The van der Waals surface area contributed by atoms with Crippen molar-refractivity contribution in [2.45, 2.75) is 26.3 Å². The zero-order valence-corrected chi connectivity index (χ0v) is 11.2. The van der Waals surface area contributed by atoms with Crippen LogP contribution in [0.2, 0.25) is 5.02 Å². The van der Waals surface area contributed by atoms with Crippen molar-refractivity contribution in [2.75, 3.05) is 19.6 Å². The minimum Gasteiger partial charge on any atom is -0.324 e. The Morgan fingerprint density at radius 3 is 2.53 bits per heavy atom. The predicted octanol–water partition coefficient (Wildman–Crippen LogP) is 3.21. The number of nitrogens with two attached hydrogens (primary N) is 1. The Bertz CT molecular complexity index is 353. The molecule has 0 aliphatic carbocycles. The Kier molecular flexibility index (Phi) is 5.89. The first-order valence-electron chi connectivity index (χ1n) is 6.01. The van der Waals surface area contributed by atoms with Gasteiger partial charge < -0.3 is 10.6 Å². The van der Waals surface area contributed by atoms with E-state index in [1.54, 1.807) is 12.1 Å². The molecule has 0 amide bonds. The molecule has 0 heterocycles. The van der Waals surface area contributed by atoms with Crippen molar-refractivity contribution in [1.29, 1.82) is 0 Å². The molecule has 0 saturated carbocycles. The maximum atomic E-state index is 13.6. The molecule has 4 heteroatoms. The second-order valence-corrected chi connectivity index (χ2v) is 4.52. The molecule has 1 atom stereocenters. The average molecular weight is 259 g/mol. The van der Waals surface area contributed by atoms with E-state index >= 15 is 0 Å². The van der Waals surface area contributed by atoms with Crippen LogP contribution >= 0.6 is 11.6 Å². The van der Waals surface area contributed by atoms with E-state index in [-0.39, 0.29) is 11.9 Å². The molecule has 1 aromatic carbocycles. The van der Waals surface area contributed by atoms with E-state index in [0.717, 1.165) is 26.1 Å². The van der Waals surface area contributed by atoms with Crippen LogP contribution in [0, 0.1) is 5.82 Å². The second-order valence-electron chi connectivity index (χ2n) is 4.09. The van der Waals surface area contributed by atoms with Gasteiger partial charge in [0.1, 0.15) is 5.82 Å². The maximum Gasteiger partial charge on any atom is 0.129 e. The van der Waals surface area contributed by atoms with Gasteiger partial charge in [-0.15, -0.1) is 0 Å². The Morgan fingerprint density at radius 1 is 1.35 bits per heavy atom. The third-order valence-electron chi connectivity index (χ3n) is 3.01. The molecular weight excluding hydrogens is 239 g/mol. The summed E-state index contributed by atoms with van der Waals surface area (Å²) < 4.78 is 13.6. The average Bonchev–Trinajstić information content (AvgIpc) is 2.30. The molecule has 0 aromatic heterocycles. The SMILES string of the molecule is CCN(CC)CCC(N)c1ccc(Cl)cc1F. The van der Waals surface area contributed by atoms with Gasteiger partial charge in [0.2, 0.25) is 0 Å². The summed E-state index contributed by atoms with van der Waals surface area (Å²) in [6, 6.07) is 4.39. The van der Waals surface area contributed by atoms with Crippen LogP contribution in [0.4, 0.5) is 4.39 Å². The lowest BCUT2D eigenvalue weighted by Crippen LogP contribution is -2.27. The highest BCUT2D eigenvalue weighted by molar-refractivity contribution is 6.30. The van der Waals surface area contributed by atoms with Crippen LogP contribution in [0.25, 0.3) is 0 Å². The molecule has 0 aliphatic rings. The summed E-state index contributed by atoms with van der Waals surface area (Å²) >= 11 is 5.70. The van der Waals surface area contributed by atoms with E-state index in [1.165, 1.54) is 6.07 Å². The lowest BCUT2D eigenvalue weighted by Gasteiger charge is -2.21. The minimum atomic E-state index is -0.315. The van der Waals surface area contributed by atoms with Crippen LogP contribution in [-0.2, 0) is 0 Å². The number of benzene rings is 1. The largest absolute Gasteiger partial charge is 0.324 e. The van der Waals surface area contributed by atoms with E-state index in [1.807, 2.05) is 0 Å². The van der Waals surface area contributed by atoms with Crippen LogP contribution in [0.1, 0.15) is 31.9 Å². The van der Waals surface area contributed by atoms with Crippen LogP contribution in [0.5, 0.6) is 0 Å². The molecule has 96 valence electrons. The van der Waals surface area contributed by atoms with E-state index in [9.17, 15) is 4.39 Å². The van der Waals surface area contributed by atoms with Crippen LogP contribution in [-0.4, -0.2) is 24.5 Å². The molecule has 17 heavy (non-hydrogen) atoms. The third kappa shape index (κ3) is 4.26. The maximum absolute atomic E-state index is 13.6. The fraction of sp³-hybridized carbons (Fsp3) is 0.538. The lowest BCUT2D eigenvalue weighted by molar-refractivity contribution is 0.290. The van der Waals surface area contributed by atoms with Gasteiger partial charge in [-0.25, -0.2) is 4.39 Å². The van der Waals surface area contributed by atoms with Crippen molar-refractivity contribution in [3.63, 3.8) is 0 Å². The Balaban J connectivity index is 2.60. The first kappa shape index (κ1) is 14.4. The summed E-state index contributed by atoms with van der Waals surface area (Å²) in [5.41, 5.74) is 6.54. The standard InChI is InChI=1S/C13H20ClFN2/c1-3-17(4-2)8-7-13(16)11-6-5-10(14)9-12(11)15/h5-6,9,13H,3-4,7-8,16H2,1-2H3. The monoisotopic (exact) mass is 258 g/mol. The molecule has 0 spiro atoms. The third-order valence-corrected chi connectivity index (χ3v) is 3.25. The van der Waals surface area contributed by atoms with Crippen molar-refractivity contribution >= 4 is 11.6 Å². The summed E-state index contributed by atoms with van der Waals surface area (Å²) in [5, 5.41) is 0.405. The Morgan fingerprint density at radius 2 is 2.00 bits per heavy atom. The highest BCUT2D eigenvalue weighted by Crippen LogP contribution is 2.21. The molecule has 0 bridgehead atoms. The zero-order chi connectivity index (χ0) is 12.8. The summed E-state index contributed by atoms with van der Waals surface area (Å²) in [6.07, 6.45) is 0.750. The van der Waals surface area contributed by atoms with Gasteiger partial charge in [0.05, 0.1) is 0 Å². The van der Waals surface area contributed by atoms with E-state index in [2.05, 4.69) is 18.7 Å². The van der Waals surface area contributed by atoms with Crippen LogP contribution < -0.4 is 5.73 Å². The number of nitrogens with zero attached hydrogens (tertiary/aromatic N) is 1. The molecule has 0 saturated heterocycles. The smallest absolute Gasteiger partial charge is 0.129 e. The van der Waals surface area contributed by atoms with E-state index < -0.39 is 0 Å². The van der Waals surface area contributed by atoms with Gasteiger partial charge in [-0.3, -0.25) is 0 Å². The lowest BCUT2D eigenvalue weighted by atomic mass is 10.0. The highest BCUT2D eigenvalue weighted by Gasteiger charge is 2.12. The summed E-state index contributed by atoms with van der Waals surface area (Å²) in [6.45, 7) is 7.09. The second kappa shape index (κ2) is 6.94. The van der Waals surface area contributed by atoms with Gasteiger partial charge in [0.15, 0.2) is 0 Å². The molecule has 1 rings (SSSR count). The summed E-state index contributed by atoms with van der Waals surface area (Å²) in [7, 11) is 0. The molecule has 2 N–H and O–H groups in total. The Hall–Kier alpha value is -0.640. The van der Waals surface area contributed by atoms with Gasteiger partial charge in [-0.2, -0.15) is 0 Å². The first-order valence-corrected chi connectivity index (χ1v) is 6.39. The van der Waals surface area contributed by atoms with E-state index in [4.69, 9.17) is 17.3 Å². The van der Waals surface area contributed by atoms with Crippen molar-refractivity contribution < 1.29 is 4.39 Å². The zero-order valence-electron chi connectivity index (χ0n) is 10.4. The summed E-state index contributed by atoms with van der Waals surface area (Å²) in [5.74, 6) is -0.315. The van der Waals surface area contributed by atoms with Crippen molar-refractivity contribution in [2.24, 2.45) is 5.73 Å². The van der Waals surface area contributed by atoms with Crippen molar-refractivity contribution in [3.05, 3.63) is 34.6 Å². The normalized spacial score (nSPS) is 13.1. The highest BCUT2D eigenvalue weighted by atomic mass is 35.5. The van der Waals surface area contributed by atoms with Gasteiger partial charge in [-0.1, -0.05) is 31.5 Å². The van der Waals surface area contributed by atoms with Gasteiger partial charge >= 0.3 is 0 Å². The number of hydrogen-bond acceptors (Lipinski definition) is 2. The van der Waals surface area contributed by atoms with Gasteiger partial charge in [-0.05, 0) is 38.2 Å². The molecular formula is C13H20ClFN2. The fourth-order valence-electron chi connectivity index (χ4n) is 1.82. The minimum absolute atomic E-state index is 0.270. The molecule has 1 unspecified atom stereocenters. The van der Waals surface area contributed by atoms with Gasteiger partial charge in [0.25, 0.3) is 0 Å². The fourth-order valence-corrected chi connectivity index (χ4v) is 1.98. The van der Waals surface area contributed by atoms with Crippen molar-refractivity contribution in [1.82, 2.24) is 4.90 Å². The first-order chi connectivity index (χ1) is 8.08. The number of hydrogen-bond donors (Lipinski definition) is 1. The van der Waals surface area contributed by atoms with Crippen LogP contribution in [0.3, 0.4) is 0 Å². The topological polar surface area (TPSA) is 29.3 Å². The molecule has 0 aliphatic heterocycles.